The fourth-order valence-electron chi connectivity index (χ4n) is 3.01. The maximum atomic E-state index is 5.73. The number of methoxy groups -OCH3 is 2. The van der Waals surface area contributed by atoms with Crippen LogP contribution in [0.3, 0.4) is 0 Å². The van der Waals surface area contributed by atoms with Crippen molar-refractivity contribution < 1.29 is 56.9 Å². The van der Waals surface area contributed by atoms with E-state index >= 15 is 0 Å². The van der Waals surface area contributed by atoms with Gasteiger partial charge in [-0.3, -0.25) is 0 Å². The molecule has 8 heteroatoms. The first-order valence-corrected chi connectivity index (χ1v) is 9.47. The molecule has 158 valence electrons. The Morgan fingerprint density at radius 2 is 0.885 bits per heavy atom. The van der Waals surface area contributed by atoms with E-state index in [4.69, 9.17) is 28.4 Å². The van der Waals surface area contributed by atoms with Gasteiger partial charge in [0.15, 0.2) is 0 Å². The Bertz CT molecular complexity index is 271. The lowest BCUT2D eigenvalue weighted by atomic mass is 10.4. The number of ether oxygens (including phenoxy) is 6. The first kappa shape index (κ1) is 26.4. The summed E-state index contributed by atoms with van der Waals surface area (Å²) in [7, 11) is 3.36. The van der Waals surface area contributed by atoms with Gasteiger partial charge in [-0.25, -0.2) is 0 Å². The zero-order valence-corrected chi connectivity index (χ0v) is 18.7. The Hall–Kier alpha value is 0.450. The summed E-state index contributed by atoms with van der Waals surface area (Å²) in [6.45, 7) is 11.3. The van der Waals surface area contributed by atoms with Gasteiger partial charge in [0.05, 0.1) is 79.2 Å². The summed E-state index contributed by atoms with van der Waals surface area (Å²) >= 11 is 0. The lowest BCUT2D eigenvalue weighted by molar-refractivity contribution is -0.917. The summed E-state index contributed by atoms with van der Waals surface area (Å²) in [4.78, 5) is 0. The van der Waals surface area contributed by atoms with Crippen LogP contribution in [0.2, 0.25) is 0 Å². The predicted octanol–water partition coefficient (Wildman–Crippen LogP) is -2.04. The van der Waals surface area contributed by atoms with Gasteiger partial charge in [0.1, 0.15) is 13.1 Å². The molecule has 1 rings (SSSR count). The number of hydrogen-bond acceptors (Lipinski definition) is 6. The van der Waals surface area contributed by atoms with E-state index in [1.807, 2.05) is 0 Å². The minimum atomic E-state index is 0. The average molecular weight is 491 g/mol. The number of rotatable bonds is 18. The van der Waals surface area contributed by atoms with Gasteiger partial charge in [-0.1, -0.05) is 0 Å². The predicted molar refractivity (Wildman–Crippen MR) is 96.0 cm³/mol. The molecule has 1 heterocycles. The highest BCUT2D eigenvalue weighted by atomic mass is 127. The van der Waals surface area contributed by atoms with Crippen LogP contribution in [0.5, 0.6) is 0 Å². The summed E-state index contributed by atoms with van der Waals surface area (Å²) in [5.74, 6) is 0. The third-order valence-corrected chi connectivity index (χ3v) is 4.54. The van der Waals surface area contributed by atoms with Crippen LogP contribution in [-0.4, -0.2) is 111 Å². The van der Waals surface area contributed by atoms with Gasteiger partial charge in [-0.05, 0) is 0 Å². The van der Waals surface area contributed by atoms with Crippen molar-refractivity contribution in [3.05, 3.63) is 0 Å². The molecule has 0 bridgehead atoms. The van der Waals surface area contributed by atoms with E-state index in [2.05, 4.69) is 0 Å². The fourth-order valence-corrected chi connectivity index (χ4v) is 3.01. The molecule has 0 spiro atoms. The van der Waals surface area contributed by atoms with Crippen LogP contribution < -0.4 is 24.0 Å². The summed E-state index contributed by atoms with van der Waals surface area (Å²) in [5.41, 5.74) is 0. The van der Waals surface area contributed by atoms with E-state index in [0.717, 1.165) is 30.8 Å². The highest BCUT2D eigenvalue weighted by molar-refractivity contribution is 4.55. The molecular weight excluding hydrogens is 453 g/mol. The number of likely N-dealkylation sites (tertiary alicyclic amines) is 1. The number of halogens is 1. The molecule has 1 aliphatic heterocycles. The van der Waals surface area contributed by atoms with E-state index in [1.165, 1.54) is 25.9 Å². The lowest BCUT2D eigenvalue weighted by Gasteiger charge is -2.34. The van der Waals surface area contributed by atoms with Gasteiger partial charge in [-0.2, -0.15) is 0 Å². The lowest BCUT2D eigenvalue weighted by Crippen LogP contribution is -3.00. The molecule has 1 saturated heterocycles. The summed E-state index contributed by atoms with van der Waals surface area (Å²) < 4.78 is 33.3. The minimum absolute atomic E-state index is 0. The molecule has 0 aliphatic carbocycles. The molecule has 0 aromatic rings. The van der Waals surface area contributed by atoms with Crippen molar-refractivity contribution >= 4 is 0 Å². The molecular formula is C18H38INO6. The maximum absolute atomic E-state index is 5.73. The van der Waals surface area contributed by atoms with Crippen molar-refractivity contribution in [2.24, 2.45) is 0 Å². The molecule has 0 aromatic carbocycles. The Morgan fingerprint density at radius 1 is 0.538 bits per heavy atom. The van der Waals surface area contributed by atoms with E-state index < -0.39 is 0 Å². The maximum Gasteiger partial charge on any atom is 0.102 e. The molecule has 1 fully saturated rings. The normalized spacial score (nSPS) is 15.9. The topological polar surface area (TPSA) is 55.4 Å². The van der Waals surface area contributed by atoms with Crippen LogP contribution in [0.25, 0.3) is 0 Å². The van der Waals surface area contributed by atoms with Gasteiger partial charge in [0.25, 0.3) is 0 Å². The third kappa shape index (κ3) is 13.6. The molecule has 0 amide bonds. The first-order chi connectivity index (χ1) is 12.3. The molecule has 0 aromatic heterocycles. The van der Waals surface area contributed by atoms with E-state index in [0.29, 0.717) is 52.9 Å². The Labute approximate surface area is 176 Å². The molecule has 1 aliphatic rings. The van der Waals surface area contributed by atoms with Crippen molar-refractivity contribution in [3.63, 3.8) is 0 Å². The van der Waals surface area contributed by atoms with Crippen molar-refractivity contribution in [1.29, 1.82) is 0 Å². The molecule has 0 radical (unpaired) electrons. The van der Waals surface area contributed by atoms with Gasteiger partial charge in [0.2, 0.25) is 0 Å². The molecule has 0 N–H and O–H groups in total. The zero-order valence-electron chi connectivity index (χ0n) is 16.6. The summed E-state index contributed by atoms with van der Waals surface area (Å²) in [6, 6.07) is 0. The molecule has 0 atom stereocenters. The van der Waals surface area contributed by atoms with E-state index in [-0.39, 0.29) is 24.0 Å². The fraction of sp³-hybridized carbons (Fsp3) is 1.00. The zero-order chi connectivity index (χ0) is 18.1. The Kier molecular flexibility index (Phi) is 19.1. The second-order valence-corrected chi connectivity index (χ2v) is 6.38. The van der Waals surface area contributed by atoms with Crippen LogP contribution in [0.15, 0.2) is 0 Å². The molecule has 7 nitrogen and oxygen atoms in total. The second-order valence-electron chi connectivity index (χ2n) is 6.38. The van der Waals surface area contributed by atoms with Crippen LogP contribution in [-0.2, 0) is 28.4 Å². The minimum Gasteiger partial charge on any atom is -1.00 e. The monoisotopic (exact) mass is 491 g/mol. The van der Waals surface area contributed by atoms with Crippen LogP contribution in [0, 0.1) is 0 Å². The quantitative estimate of drug-likeness (QED) is 0.125. The van der Waals surface area contributed by atoms with Gasteiger partial charge in [-0.15, -0.1) is 0 Å². The van der Waals surface area contributed by atoms with E-state index in [1.54, 1.807) is 14.2 Å². The number of hydrogen-bond donors (Lipinski definition) is 0. The first-order valence-electron chi connectivity index (χ1n) is 9.47. The van der Waals surface area contributed by atoms with Gasteiger partial charge < -0.3 is 56.9 Å². The molecule has 0 saturated carbocycles. The third-order valence-electron chi connectivity index (χ3n) is 4.54. The van der Waals surface area contributed by atoms with E-state index in [9.17, 15) is 0 Å². The number of nitrogens with zero attached hydrogens (tertiary/aromatic N) is 1. The van der Waals surface area contributed by atoms with Gasteiger partial charge in [0, 0.05) is 27.1 Å². The van der Waals surface area contributed by atoms with Crippen LogP contribution in [0.4, 0.5) is 0 Å². The largest absolute Gasteiger partial charge is 1.00 e. The molecule has 0 unspecified atom stereocenters. The smallest absolute Gasteiger partial charge is 0.102 e. The summed E-state index contributed by atoms with van der Waals surface area (Å²) in [5, 5.41) is 0. The molecule has 26 heavy (non-hydrogen) atoms. The Balaban J connectivity index is 0.00000625. The van der Waals surface area contributed by atoms with Gasteiger partial charge >= 0.3 is 0 Å². The van der Waals surface area contributed by atoms with Crippen LogP contribution >= 0.6 is 0 Å². The van der Waals surface area contributed by atoms with Crippen LogP contribution in [0.1, 0.15) is 12.8 Å². The van der Waals surface area contributed by atoms with Crippen molar-refractivity contribution in [3.8, 4) is 0 Å². The Morgan fingerprint density at radius 3 is 1.27 bits per heavy atom. The second kappa shape index (κ2) is 18.8. The highest BCUT2D eigenvalue weighted by Crippen LogP contribution is 2.18. The van der Waals surface area contributed by atoms with Crippen molar-refractivity contribution in [2.75, 3.05) is 106 Å². The number of quaternary nitrogens is 1. The summed E-state index contributed by atoms with van der Waals surface area (Å²) in [6.07, 6.45) is 2.61. The SMILES string of the molecule is COCCOCCOCC[N+]1(CCOCCOCCOC)CCCC1.[I-]. The van der Waals surface area contributed by atoms with Crippen molar-refractivity contribution in [2.45, 2.75) is 12.8 Å². The highest BCUT2D eigenvalue weighted by Gasteiger charge is 2.31. The standard InChI is InChI=1S/C18H38NO6.HI/c1-20-11-13-24-17-15-22-9-7-19(5-3-4-6-19)8-10-23-16-18-25-14-12-21-2;/h3-18H2,1-2H3;1H/q+1;/p-1. The van der Waals surface area contributed by atoms with Crippen molar-refractivity contribution in [1.82, 2.24) is 0 Å². The average Bonchev–Trinajstić information content (AvgIpc) is 3.09.